The van der Waals surface area contributed by atoms with E-state index in [0.29, 0.717) is 6.54 Å². The van der Waals surface area contributed by atoms with Crippen molar-refractivity contribution in [1.29, 1.82) is 0 Å². The number of thioether (sulfide) groups is 1. The molecule has 0 aliphatic carbocycles. The summed E-state index contributed by atoms with van der Waals surface area (Å²) in [7, 11) is 1.77. The van der Waals surface area contributed by atoms with Crippen LogP contribution in [-0.4, -0.2) is 30.5 Å². The molecule has 0 amide bonds. The zero-order valence-corrected chi connectivity index (χ0v) is 19.2. The van der Waals surface area contributed by atoms with Crippen LogP contribution in [0, 0.1) is 0 Å². The molecule has 144 valence electrons. The van der Waals surface area contributed by atoms with Crippen molar-refractivity contribution < 1.29 is 4.52 Å². The lowest BCUT2D eigenvalue weighted by Crippen LogP contribution is -2.38. The van der Waals surface area contributed by atoms with E-state index in [1.807, 2.05) is 24.3 Å². The normalized spacial score (nSPS) is 11.2. The highest BCUT2D eigenvalue weighted by Gasteiger charge is 2.13. The number of nitrogens with one attached hydrogen (secondary N) is 2. The molecule has 1 heterocycles. The average Bonchev–Trinajstić information content (AvgIpc) is 3.04. The Labute approximate surface area is 181 Å². The molecule has 1 aromatic carbocycles. The van der Waals surface area contributed by atoms with Crippen LogP contribution in [0.25, 0.3) is 0 Å². The number of aromatic nitrogens is 1. The van der Waals surface area contributed by atoms with E-state index in [9.17, 15) is 0 Å². The van der Waals surface area contributed by atoms with Gasteiger partial charge in [-0.15, -0.1) is 35.7 Å². The number of halogens is 2. The Morgan fingerprint density at radius 2 is 1.92 bits per heavy atom. The number of benzene rings is 1. The Morgan fingerprint density at radius 3 is 2.54 bits per heavy atom. The molecule has 0 aliphatic heterocycles. The predicted octanol–water partition coefficient (Wildman–Crippen LogP) is 4.53. The lowest BCUT2D eigenvalue weighted by molar-refractivity contribution is 0.380. The van der Waals surface area contributed by atoms with E-state index in [4.69, 9.17) is 16.1 Å². The molecular formula is C18H26ClIN4OS. The highest BCUT2D eigenvalue weighted by Crippen LogP contribution is 2.19. The van der Waals surface area contributed by atoms with E-state index in [1.165, 1.54) is 4.90 Å². The molecule has 0 aliphatic rings. The van der Waals surface area contributed by atoms with Crippen molar-refractivity contribution >= 4 is 53.3 Å². The number of aliphatic imine (C=N–C) groups is 1. The zero-order chi connectivity index (χ0) is 18.1. The van der Waals surface area contributed by atoms with Crippen molar-refractivity contribution in [3.63, 3.8) is 0 Å². The van der Waals surface area contributed by atoms with Gasteiger partial charge < -0.3 is 15.2 Å². The second kappa shape index (κ2) is 12.5. The maximum absolute atomic E-state index is 5.90. The third-order valence-electron chi connectivity index (χ3n) is 3.74. The Kier molecular flexibility index (Phi) is 11.1. The largest absolute Gasteiger partial charge is 0.361 e. The average molecular weight is 509 g/mol. The van der Waals surface area contributed by atoms with Crippen molar-refractivity contribution in [2.24, 2.45) is 4.99 Å². The standard InChI is InChI=1S/C18H25ClN4OS.HI/c1-4-16-15(17(5-2)24-23-16)12-22-18(20-3)21-10-11-25-14-8-6-13(19)7-9-14;/h6-9H,4-5,10-12H2,1-3H3,(H2,20,21,22);1H. The summed E-state index contributed by atoms with van der Waals surface area (Å²) in [6, 6.07) is 7.88. The minimum atomic E-state index is 0. The van der Waals surface area contributed by atoms with Gasteiger partial charge in [-0.3, -0.25) is 4.99 Å². The van der Waals surface area contributed by atoms with Gasteiger partial charge in [0.2, 0.25) is 0 Å². The molecule has 0 unspecified atom stereocenters. The molecule has 0 radical (unpaired) electrons. The lowest BCUT2D eigenvalue weighted by atomic mass is 10.1. The maximum Gasteiger partial charge on any atom is 0.191 e. The molecule has 8 heteroatoms. The summed E-state index contributed by atoms with van der Waals surface area (Å²) in [5.41, 5.74) is 2.15. The lowest BCUT2D eigenvalue weighted by Gasteiger charge is -2.12. The smallest absolute Gasteiger partial charge is 0.191 e. The Hall–Kier alpha value is -0.930. The van der Waals surface area contributed by atoms with Gasteiger partial charge in [0.1, 0.15) is 5.76 Å². The van der Waals surface area contributed by atoms with Crippen molar-refractivity contribution in [3.8, 4) is 0 Å². The number of aryl methyl sites for hydroxylation is 2. The van der Waals surface area contributed by atoms with Gasteiger partial charge in [-0.25, -0.2) is 0 Å². The van der Waals surface area contributed by atoms with Crippen LogP contribution in [0.3, 0.4) is 0 Å². The number of nitrogens with zero attached hydrogens (tertiary/aromatic N) is 2. The first kappa shape index (κ1) is 23.1. The highest BCUT2D eigenvalue weighted by atomic mass is 127. The van der Waals surface area contributed by atoms with Gasteiger partial charge in [-0.05, 0) is 30.7 Å². The molecule has 2 N–H and O–H groups in total. The molecule has 5 nitrogen and oxygen atoms in total. The van der Waals surface area contributed by atoms with E-state index in [-0.39, 0.29) is 24.0 Å². The molecule has 0 bridgehead atoms. The number of hydrogen-bond acceptors (Lipinski definition) is 4. The van der Waals surface area contributed by atoms with E-state index in [2.05, 4.69) is 34.6 Å². The van der Waals surface area contributed by atoms with Crippen LogP contribution in [-0.2, 0) is 19.4 Å². The SMILES string of the molecule is CCc1noc(CC)c1CNC(=NC)NCCSc1ccc(Cl)cc1.I. The molecule has 26 heavy (non-hydrogen) atoms. The molecule has 2 aromatic rings. The van der Waals surface area contributed by atoms with Crippen LogP contribution in [0.15, 0.2) is 38.7 Å². The minimum absolute atomic E-state index is 0. The first-order chi connectivity index (χ1) is 12.2. The van der Waals surface area contributed by atoms with Crippen LogP contribution < -0.4 is 10.6 Å². The van der Waals surface area contributed by atoms with Crippen molar-refractivity contribution in [2.45, 2.75) is 38.1 Å². The van der Waals surface area contributed by atoms with Gasteiger partial charge in [0.25, 0.3) is 0 Å². The second-order valence-corrected chi connectivity index (χ2v) is 7.00. The van der Waals surface area contributed by atoms with Gasteiger partial charge in [0, 0.05) is 47.8 Å². The second-order valence-electron chi connectivity index (χ2n) is 5.39. The molecule has 0 fully saturated rings. The van der Waals surface area contributed by atoms with E-state index in [1.54, 1.807) is 18.8 Å². The van der Waals surface area contributed by atoms with E-state index < -0.39 is 0 Å². The summed E-state index contributed by atoms with van der Waals surface area (Å²) in [4.78, 5) is 5.48. The number of guanidine groups is 1. The van der Waals surface area contributed by atoms with Gasteiger partial charge >= 0.3 is 0 Å². The summed E-state index contributed by atoms with van der Waals surface area (Å²) < 4.78 is 5.39. The summed E-state index contributed by atoms with van der Waals surface area (Å²) in [6.45, 7) is 5.64. The topological polar surface area (TPSA) is 62.5 Å². The van der Waals surface area contributed by atoms with Crippen LogP contribution in [0.5, 0.6) is 0 Å². The first-order valence-electron chi connectivity index (χ1n) is 8.47. The van der Waals surface area contributed by atoms with Gasteiger partial charge in [0.15, 0.2) is 5.96 Å². The van der Waals surface area contributed by atoms with E-state index >= 15 is 0 Å². The quantitative estimate of drug-likeness (QED) is 0.180. The van der Waals surface area contributed by atoms with Crippen LogP contribution in [0.1, 0.15) is 30.9 Å². The van der Waals surface area contributed by atoms with Crippen LogP contribution in [0.2, 0.25) is 5.02 Å². The summed E-state index contributed by atoms with van der Waals surface area (Å²) >= 11 is 7.68. The van der Waals surface area contributed by atoms with Crippen LogP contribution in [0.4, 0.5) is 0 Å². The molecular weight excluding hydrogens is 483 g/mol. The molecule has 2 rings (SSSR count). The summed E-state index contributed by atoms with van der Waals surface area (Å²) in [5, 5.41) is 11.6. The molecule has 0 atom stereocenters. The minimum Gasteiger partial charge on any atom is -0.361 e. The maximum atomic E-state index is 5.90. The fourth-order valence-electron chi connectivity index (χ4n) is 2.40. The third-order valence-corrected chi connectivity index (χ3v) is 5.01. The fourth-order valence-corrected chi connectivity index (χ4v) is 3.29. The summed E-state index contributed by atoms with van der Waals surface area (Å²) in [6.07, 6.45) is 1.71. The third kappa shape index (κ3) is 7.00. The van der Waals surface area contributed by atoms with Crippen molar-refractivity contribution in [3.05, 3.63) is 46.3 Å². The number of hydrogen-bond donors (Lipinski definition) is 2. The van der Waals surface area contributed by atoms with Gasteiger partial charge in [-0.2, -0.15) is 0 Å². The Bertz CT molecular complexity index is 669. The van der Waals surface area contributed by atoms with E-state index in [0.717, 1.165) is 53.1 Å². The Morgan fingerprint density at radius 1 is 1.19 bits per heavy atom. The van der Waals surface area contributed by atoms with Gasteiger partial charge in [-0.1, -0.05) is 30.6 Å². The Balaban J connectivity index is 0.00000338. The van der Waals surface area contributed by atoms with Gasteiger partial charge in [0.05, 0.1) is 5.69 Å². The molecule has 0 spiro atoms. The van der Waals surface area contributed by atoms with Crippen molar-refractivity contribution in [1.82, 2.24) is 15.8 Å². The fraction of sp³-hybridized carbons (Fsp3) is 0.444. The molecule has 0 saturated carbocycles. The van der Waals surface area contributed by atoms with Crippen LogP contribution >= 0.6 is 47.3 Å². The van der Waals surface area contributed by atoms with Crippen molar-refractivity contribution in [2.75, 3.05) is 19.3 Å². The monoisotopic (exact) mass is 508 g/mol. The first-order valence-corrected chi connectivity index (χ1v) is 9.83. The molecule has 0 saturated heterocycles. The zero-order valence-electron chi connectivity index (χ0n) is 15.3. The number of rotatable bonds is 8. The highest BCUT2D eigenvalue weighted by molar-refractivity contribution is 14.0. The summed E-state index contributed by atoms with van der Waals surface area (Å²) in [5.74, 6) is 2.66. The predicted molar refractivity (Wildman–Crippen MR) is 121 cm³/mol. The molecule has 1 aromatic heterocycles.